The molecular formula is C11H12F3NO4S. The minimum atomic E-state index is -4.75. The first-order valence-electron chi connectivity index (χ1n) is 5.40. The molecule has 0 saturated heterocycles. The van der Waals surface area contributed by atoms with Gasteiger partial charge in [0, 0.05) is 6.42 Å². The molecule has 1 N–H and O–H groups in total. The average molecular weight is 311 g/mol. The van der Waals surface area contributed by atoms with Gasteiger partial charge in [0.25, 0.3) is 0 Å². The zero-order chi connectivity index (χ0) is 15.4. The molecule has 0 fully saturated rings. The first kappa shape index (κ1) is 16.3. The van der Waals surface area contributed by atoms with Gasteiger partial charge in [-0.2, -0.15) is 0 Å². The van der Waals surface area contributed by atoms with E-state index >= 15 is 0 Å². The summed E-state index contributed by atoms with van der Waals surface area (Å²) in [6, 6.07) is 4.98. The van der Waals surface area contributed by atoms with Crippen LogP contribution >= 0.6 is 0 Å². The molecule has 0 unspecified atom stereocenters. The number of nitrogens with one attached hydrogen (secondary N) is 1. The van der Waals surface area contributed by atoms with Gasteiger partial charge < -0.3 is 4.74 Å². The van der Waals surface area contributed by atoms with Crippen LogP contribution in [0.1, 0.15) is 12.0 Å². The van der Waals surface area contributed by atoms with E-state index in [1.165, 1.54) is 12.1 Å². The quantitative estimate of drug-likeness (QED) is 0.896. The van der Waals surface area contributed by atoms with Gasteiger partial charge in [-0.15, -0.1) is 13.2 Å². The third-order valence-electron chi connectivity index (χ3n) is 2.10. The molecule has 1 aromatic rings. The summed E-state index contributed by atoms with van der Waals surface area (Å²) in [7, 11) is -3.60. The Kier molecular flexibility index (Phi) is 4.98. The second-order valence-corrected chi connectivity index (χ2v) is 5.74. The molecule has 0 aliphatic rings. The van der Waals surface area contributed by atoms with Gasteiger partial charge in [0.2, 0.25) is 15.9 Å². The number of ether oxygens (including phenoxy) is 1. The maximum absolute atomic E-state index is 11.9. The van der Waals surface area contributed by atoms with Crippen LogP contribution in [0.3, 0.4) is 0 Å². The molecular weight excluding hydrogens is 299 g/mol. The summed E-state index contributed by atoms with van der Waals surface area (Å²) < 4.78 is 62.8. The van der Waals surface area contributed by atoms with Gasteiger partial charge in [-0.3, -0.25) is 9.52 Å². The lowest BCUT2D eigenvalue weighted by molar-refractivity contribution is -0.274. The van der Waals surface area contributed by atoms with Gasteiger partial charge in [0.15, 0.2) is 0 Å². The first-order valence-corrected chi connectivity index (χ1v) is 7.29. The molecule has 0 radical (unpaired) electrons. The van der Waals surface area contributed by atoms with Gasteiger partial charge in [-0.1, -0.05) is 12.1 Å². The fraction of sp³-hybridized carbons (Fsp3) is 0.364. The maximum atomic E-state index is 11.9. The zero-order valence-corrected chi connectivity index (χ0v) is 11.2. The van der Waals surface area contributed by atoms with Crippen LogP contribution in [-0.4, -0.2) is 26.9 Å². The second-order valence-electron chi connectivity index (χ2n) is 3.99. The van der Waals surface area contributed by atoms with Crippen molar-refractivity contribution in [3.63, 3.8) is 0 Å². The largest absolute Gasteiger partial charge is 0.573 e. The Morgan fingerprint density at radius 1 is 1.25 bits per heavy atom. The highest BCUT2D eigenvalue weighted by Crippen LogP contribution is 2.22. The van der Waals surface area contributed by atoms with E-state index in [4.69, 9.17) is 0 Å². The molecule has 9 heteroatoms. The molecule has 20 heavy (non-hydrogen) atoms. The molecule has 1 amide bonds. The lowest BCUT2D eigenvalue weighted by Crippen LogP contribution is -2.29. The van der Waals surface area contributed by atoms with E-state index in [-0.39, 0.29) is 18.6 Å². The summed E-state index contributed by atoms with van der Waals surface area (Å²) in [5.41, 5.74) is 0.586. The SMILES string of the molecule is CS(=O)(=O)NC(=O)CCc1ccc(OC(F)(F)F)cc1. The molecule has 1 rings (SSSR count). The summed E-state index contributed by atoms with van der Waals surface area (Å²) >= 11 is 0. The standard InChI is InChI=1S/C11H12F3NO4S/c1-20(17,18)15-10(16)7-4-8-2-5-9(6-3-8)19-11(12,13)14/h2-3,5-6H,4,7H2,1H3,(H,15,16). The molecule has 5 nitrogen and oxygen atoms in total. The maximum Gasteiger partial charge on any atom is 0.573 e. The highest BCUT2D eigenvalue weighted by Gasteiger charge is 2.30. The summed E-state index contributed by atoms with van der Waals surface area (Å²) in [5.74, 6) is -1.04. The fourth-order valence-electron chi connectivity index (χ4n) is 1.37. The van der Waals surface area contributed by atoms with Crippen molar-refractivity contribution in [2.45, 2.75) is 19.2 Å². The molecule has 0 spiro atoms. The lowest BCUT2D eigenvalue weighted by Gasteiger charge is -2.09. The topological polar surface area (TPSA) is 72.5 Å². The van der Waals surface area contributed by atoms with Crippen molar-refractivity contribution in [3.05, 3.63) is 29.8 Å². The number of rotatable bonds is 5. The summed E-state index contributed by atoms with van der Waals surface area (Å²) in [6.45, 7) is 0. The number of carbonyl (C=O) groups is 1. The Hall–Kier alpha value is -1.77. The minimum Gasteiger partial charge on any atom is -0.406 e. The molecule has 0 atom stereocenters. The Balaban J connectivity index is 2.52. The predicted octanol–water partition coefficient (Wildman–Crippen LogP) is 1.59. The lowest BCUT2D eigenvalue weighted by atomic mass is 10.1. The van der Waals surface area contributed by atoms with E-state index in [0.29, 0.717) is 5.56 Å². The van der Waals surface area contributed by atoms with Gasteiger partial charge >= 0.3 is 6.36 Å². The molecule has 112 valence electrons. The number of hydrogen-bond donors (Lipinski definition) is 1. The monoisotopic (exact) mass is 311 g/mol. The highest BCUT2D eigenvalue weighted by atomic mass is 32.2. The van der Waals surface area contributed by atoms with E-state index in [2.05, 4.69) is 4.74 Å². The Labute approximate surface area is 113 Å². The minimum absolute atomic E-state index is 0.0907. The van der Waals surface area contributed by atoms with Gasteiger partial charge in [-0.05, 0) is 24.1 Å². The van der Waals surface area contributed by atoms with Gasteiger partial charge in [0.1, 0.15) is 5.75 Å². The van der Waals surface area contributed by atoms with Gasteiger partial charge in [0.05, 0.1) is 6.26 Å². The van der Waals surface area contributed by atoms with E-state index in [9.17, 15) is 26.4 Å². The van der Waals surface area contributed by atoms with Crippen molar-refractivity contribution < 1.29 is 31.1 Å². The van der Waals surface area contributed by atoms with Crippen molar-refractivity contribution in [2.24, 2.45) is 0 Å². The highest BCUT2D eigenvalue weighted by molar-refractivity contribution is 7.89. The molecule has 0 aromatic heterocycles. The smallest absolute Gasteiger partial charge is 0.406 e. The number of carbonyl (C=O) groups excluding carboxylic acids is 1. The first-order chi connectivity index (χ1) is 9.05. The van der Waals surface area contributed by atoms with Crippen LogP contribution in [0.15, 0.2) is 24.3 Å². The number of alkyl halides is 3. The van der Waals surface area contributed by atoms with E-state index in [1.807, 2.05) is 0 Å². The van der Waals surface area contributed by atoms with Crippen LogP contribution in [0.4, 0.5) is 13.2 Å². The molecule has 0 bridgehead atoms. The number of sulfonamides is 1. The second kappa shape index (κ2) is 6.12. The number of hydrogen-bond acceptors (Lipinski definition) is 4. The molecule has 1 aromatic carbocycles. The molecule has 0 heterocycles. The zero-order valence-electron chi connectivity index (χ0n) is 10.4. The van der Waals surface area contributed by atoms with Crippen LogP contribution in [0.25, 0.3) is 0 Å². The van der Waals surface area contributed by atoms with Crippen molar-refractivity contribution >= 4 is 15.9 Å². The third-order valence-corrected chi connectivity index (χ3v) is 2.70. The molecule has 0 saturated carbocycles. The summed E-state index contributed by atoms with van der Waals surface area (Å²) in [4.78, 5) is 11.2. The summed E-state index contributed by atoms with van der Waals surface area (Å²) in [6.07, 6.45) is -3.79. The number of aryl methyl sites for hydroxylation is 1. The van der Waals surface area contributed by atoms with Crippen LogP contribution in [0.2, 0.25) is 0 Å². The van der Waals surface area contributed by atoms with Gasteiger partial charge in [-0.25, -0.2) is 8.42 Å². The fourth-order valence-corrected chi connectivity index (χ4v) is 1.89. The third kappa shape index (κ3) is 6.98. The Morgan fingerprint density at radius 2 is 1.80 bits per heavy atom. The van der Waals surface area contributed by atoms with E-state index < -0.39 is 22.3 Å². The van der Waals surface area contributed by atoms with Crippen molar-refractivity contribution in [2.75, 3.05) is 6.26 Å². The normalized spacial score (nSPS) is 12.0. The van der Waals surface area contributed by atoms with E-state index in [0.717, 1.165) is 18.4 Å². The van der Waals surface area contributed by atoms with Crippen molar-refractivity contribution in [1.82, 2.24) is 4.72 Å². The van der Waals surface area contributed by atoms with Crippen LogP contribution < -0.4 is 9.46 Å². The Bertz CT molecular complexity index is 566. The van der Waals surface area contributed by atoms with Crippen LogP contribution in [0, 0.1) is 0 Å². The molecule has 0 aliphatic heterocycles. The predicted molar refractivity (Wildman–Crippen MR) is 64.4 cm³/mol. The number of amides is 1. The summed E-state index contributed by atoms with van der Waals surface area (Å²) in [5, 5.41) is 0. The number of benzene rings is 1. The van der Waals surface area contributed by atoms with Crippen LogP contribution in [0.5, 0.6) is 5.75 Å². The van der Waals surface area contributed by atoms with Crippen molar-refractivity contribution in [1.29, 1.82) is 0 Å². The van der Waals surface area contributed by atoms with Crippen molar-refractivity contribution in [3.8, 4) is 5.75 Å². The molecule has 0 aliphatic carbocycles. The number of halogens is 3. The Morgan fingerprint density at radius 3 is 2.25 bits per heavy atom. The van der Waals surface area contributed by atoms with E-state index in [1.54, 1.807) is 4.72 Å². The average Bonchev–Trinajstić information content (AvgIpc) is 2.23. The van der Waals surface area contributed by atoms with Crippen LogP contribution in [-0.2, 0) is 21.2 Å².